The van der Waals surface area contributed by atoms with Gasteiger partial charge in [-0.25, -0.2) is 4.98 Å². The van der Waals surface area contributed by atoms with Crippen molar-refractivity contribution in [1.82, 2.24) is 19.5 Å². The van der Waals surface area contributed by atoms with Gasteiger partial charge in [0.15, 0.2) is 27.8 Å². The summed E-state index contributed by atoms with van der Waals surface area (Å²) >= 11 is 0. The van der Waals surface area contributed by atoms with E-state index >= 15 is 0 Å². The maximum absolute atomic E-state index is 13.3. The molecule has 2 N–H and O–H groups in total. The highest BCUT2D eigenvalue weighted by atomic mass is 32.2. The van der Waals surface area contributed by atoms with E-state index in [0.717, 1.165) is 5.56 Å². The van der Waals surface area contributed by atoms with Crippen molar-refractivity contribution in [2.24, 2.45) is 0 Å². The first-order valence-electron chi connectivity index (χ1n) is 12.9. The smallest absolute Gasteiger partial charge is 0.341 e. The summed E-state index contributed by atoms with van der Waals surface area (Å²) in [6.07, 6.45) is 1.19. The van der Waals surface area contributed by atoms with Crippen molar-refractivity contribution in [2.45, 2.75) is 89.8 Å². The predicted molar refractivity (Wildman–Crippen MR) is 154 cm³/mol. The third-order valence-electron chi connectivity index (χ3n) is 6.13. The molecule has 1 aliphatic heterocycles. The molecule has 1 aliphatic rings. The van der Waals surface area contributed by atoms with Crippen molar-refractivity contribution < 1.29 is 26.2 Å². The van der Waals surface area contributed by atoms with Crippen LogP contribution in [-0.4, -0.2) is 63.4 Å². The van der Waals surface area contributed by atoms with Crippen molar-refractivity contribution >= 4 is 43.9 Å². The SMILES string of the molecule is Cc1cc(C)c(S(=O)(=O)Oc2nc(N)nc3c2ncn3[C@H]2C[C@H](O[Si](C)(C)C)[C@@H](CO[Si](C)(C)C)O2)c(C)c1. The van der Waals surface area contributed by atoms with E-state index < -0.39 is 33.0 Å². The van der Waals surface area contributed by atoms with Gasteiger partial charge in [-0.1, -0.05) is 17.7 Å². The monoisotopic (exact) mass is 593 g/mol. The summed E-state index contributed by atoms with van der Waals surface area (Å²) in [7, 11) is -7.88. The van der Waals surface area contributed by atoms with Crippen LogP contribution in [0.15, 0.2) is 23.4 Å². The summed E-state index contributed by atoms with van der Waals surface area (Å²) in [4.78, 5) is 12.9. The number of benzene rings is 1. The van der Waals surface area contributed by atoms with Crippen LogP contribution in [0.4, 0.5) is 5.95 Å². The van der Waals surface area contributed by atoms with Gasteiger partial charge in [-0.2, -0.15) is 18.4 Å². The van der Waals surface area contributed by atoms with E-state index in [1.54, 1.807) is 36.9 Å². The maximum Gasteiger partial charge on any atom is 0.341 e. The lowest BCUT2D eigenvalue weighted by Gasteiger charge is -2.28. The van der Waals surface area contributed by atoms with Gasteiger partial charge in [0.25, 0.3) is 5.88 Å². The highest BCUT2D eigenvalue weighted by molar-refractivity contribution is 7.87. The van der Waals surface area contributed by atoms with E-state index in [0.29, 0.717) is 29.8 Å². The normalized spacial score (nSPS) is 20.6. The number of hydrogen-bond donors (Lipinski definition) is 1. The number of nitrogens with two attached hydrogens (primary N) is 1. The minimum atomic E-state index is -4.22. The van der Waals surface area contributed by atoms with Gasteiger partial charge in [-0.05, 0) is 71.2 Å². The number of nitrogens with zero attached hydrogens (tertiary/aromatic N) is 4. The fourth-order valence-corrected chi connectivity index (χ4v) is 7.95. The molecule has 14 heteroatoms. The van der Waals surface area contributed by atoms with Gasteiger partial charge in [0.2, 0.25) is 5.95 Å². The Labute approximate surface area is 232 Å². The number of imidazole rings is 1. The molecular formula is C25H39N5O6SSi2. The van der Waals surface area contributed by atoms with Gasteiger partial charge in [-0.15, -0.1) is 0 Å². The number of aromatic nitrogens is 4. The lowest BCUT2D eigenvalue weighted by Crippen LogP contribution is -2.40. The van der Waals surface area contributed by atoms with E-state index in [4.69, 9.17) is 23.5 Å². The van der Waals surface area contributed by atoms with Crippen LogP contribution >= 0.6 is 0 Å². The fraction of sp³-hybridized carbons (Fsp3) is 0.560. The van der Waals surface area contributed by atoms with Crippen molar-refractivity contribution in [3.05, 3.63) is 35.2 Å². The zero-order valence-electron chi connectivity index (χ0n) is 24.1. The molecule has 0 bridgehead atoms. The molecule has 3 aromatic rings. The molecule has 1 fully saturated rings. The van der Waals surface area contributed by atoms with E-state index in [9.17, 15) is 8.42 Å². The summed E-state index contributed by atoms with van der Waals surface area (Å²) in [5.74, 6) is -0.375. The molecule has 0 saturated carbocycles. The number of anilines is 1. The van der Waals surface area contributed by atoms with Crippen LogP contribution in [0.2, 0.25) is 39.3 Å². The van der Waals surface area contributed by atoms with Crippen LogP contribution in [0.25, 0.3) is 11.2 Å². The van der Waals surface area contributed by atoms with Crippen LogP contribution in [0.1, 0.15) is 29.3 Å². The van der Waals surface area contributed by atoms with Crippen LogP contribution in [0.3, 0.4) is 0 Å². The first-order valence-corrected chi connectivity index (χ1v) is 21.2. The molecule has 0 unspecified atom stereocenters. The second-order valence-electron chi connectivity index (χ2n) is 12.0. The first-order chi connectivity index (χ1) is 17.9. The second kappa shape index (κ2) is 10.6. The number of fused-ring (bicyclic) bond motifs is 1. The molecule has 0 amide bonds. The van der Waals surface area contributed by atoms with Crippen molar-refractivity contribution in [3.63, 3.8) is 0 Å². The van der Waals surface area contributed by atoms with Gasteiger partial charge in [-0.3, -0.25) is 4.57 Å². The minimum absolute atomic E-state index is 0.0913. The lowest BCUT2D eigenvalue weighted by molar-refractivity contribution is -0.0367. The summed E-state index contributed by atoms with van der Waals surface area (Å²) < 4.78 is 53.0. The topological polar surface area (TPSA) is 141 Å². The molecule has 39 heavy (non-hydrogen) atoms. The lowest BCUT2D eigenvalue weighted by atomic mass is 10.1. The van der Waals surface area contributed by atoms with Crippen LogP contribution in [0.5, 0.6) is 5.88 Å². The minimum Gasteiger partial charge on any atom is -0.415 e. The van der Waals surface area contributed by atoms with E-state index in [1.807, 2.05) is 6.92 Å². The van der Waals surface area contributed by atoms with Gasteiger partial charge in [0, 0.05) is 6.42 Å². The Balaban J connectivity index is 1.68. The van der Waals surface area contributed by atoms with Crippen molar-refractivity contribution in [3.8, 4) is 5.88 Å². The van der Waals surface area contributed by atoms with Gasteiger partial charge in [0.05, 0.1) is 19.0 Å². The molecule has 1 saturated heterocycles. The molecule has 1 aromatic carbocycles. The zero-order chi connectivity index (χ0) is 28.9. The Kier molecular flexibility index (Phi) is 8.01. The Morgan fingerprint density at radius 2 is 1.69 bits per heavy atom. The molecule has 2 aromatic heterocycles. The number of ether oxygens (including phenoxy) is 1. The number of rotatable bonds is 9. The van der Waals surface area contributed by atoms with E-state index in [2.05, 4.69) is 54.2 Å². The van der Waals surface area contributed by atoms with E-state index in [1.165, 1.54) is 0 Å². The standard InChI is InChI=1S/C25H39N5O6SSi2/c1-15-10-16(2)22(17(3)11-15)37(31,32)35-24-21-23(28-25(26)29-24)30(14-27-21)20-12-18(36-39(7,8)9)19(34-20)13-33-38(4,5)6/h10-11,14,18-20H,12-13H2,1-9H3,(H2,26,28,29)/t18-,19+,20+/m0/s1. The summed E-state index contributed by atoms with van der Waals surface area (Å²) in [5, 5.41) is 0. The summed E-state index contributed by atoms with van der Waals surface area (Å²) in [6.45, 7) is 18.6. The molecular weight excluding hydrogens is 555 g/mol. The van der Waals surface area contributed by atoms with Crippen LogP contribution in [0, 0.1) is 20.8 Å². The van der Waals surface area contributed by atoms with Gasteiger partial charge < -0.3 is 23.5 Å². The molecule has 4 rings (SSSR count). The Morgan fingerprint density at radius 3 is 2.28 bits per heavy atom. The summed E-state index contributed by atoms with van der Waals surface area (Å²) in [6, 6.07) is 3.58. The van der Waals surface area contributed by atoms with Crippen LogP contribution < -0.4 is 9.92 Å². The maximum atomic E-state index is 13.3. The third kappa shape index (κ3) is 6.86. The quantitative estimate of drug-likeness (QED) is 0.279. The fourth-order valence-electron chi connectivity index (χ4n) is 4.81. The Bertz CT molecular complexity index is 1460. The number of hydrogen-bond acceptors (Lipinski definition) is 10. The van der Waals surface area contributed by atoms with Gasteiger partial charge >= 0.3 is 10.1 Å². The van der Waals surface area contributed by atoms with Gasteiger partial charge in [0.1, 0.15) is 17.2 Å². The third-order valence-corrected chi connectivity index (χ3v) is 9.69. The Morgan fingerprint density at radius 1 is 1.05 bits per heavy atom. The number of nitrogen functional groups attached to an aromatic ring is 1. The largest absolute Gasteiger partial charge is 0.415 e. The molecule has 214 valence electrons. The molecule has 0 spiro atoms. The average molecular weight is 594 g/mol. The second-order valence-corrected chi connectivity index (χ2v) is 22.5. The first kappa shape index (κ1) is 29.6. The number of aryl methyl sites for hydroxylation is 3. The molecule has 11 nitrogen and oxygen atoms in total. The van der Waals surface area contributed by atoms with Crippen LogP contribution in [-0.2, 0) is 23.7 Å². The highest BCUT2D eigenvalue weighted by Gasteiger charge is 2.41. The van der Waals surface area contributed by atoms with Crippen molar-refractivity contribution in [2.75, 3.05) is 12.3 Å². The predicted octanol–water partition coefficient (Wildman–Crippen LogP) is 4.46. The summed E-state index contributed by atoms with van der Waals surface area (Å²) in [5.41, 5.74) is 8.61. The zero-order valence-corrected chi connectivity index (χ0v) is 26.9. The molecule has 3 heterocycles. The molecule has 0 aliphatic carbocycles. The van der Waals surface area contributed by atoms with E-state index in [-0.39, 0.29) is 34.4 Å². The molecule has 0 radical (unpaired) electrons. The molecule has 3 atom stereocenters. The highest BCUT2D eigenvalue weighted by Crippen LogP contribution is 2.36. The Hall–Kier alpha value is -2.37. The average Bonchev–Trinajstić information content (AvgIpc) is 3.33. The van der Waals surface area contributed by atoms with Crippen molar-refractivity contribution in [1.29, 1.82) is 0 Å².